The zero-order valence-corrected chi connectivity index (χ0v) is 8.89. The molecule has 1 aromatic rings. The number of carbonyl (C=O) groups is 1. The number of nitrogens with two attached hydrogens (primary N) is 1. The second-order valence-corrected chi connectivity index (χ2v) is 4.26. The number of hydrogen-bond donors (Lipinski definition) is 1. The van der Waals surface area contributed by atoms with Crippen molar-refractivity contribution in [1.29, 1.82) is 0 Å². The number of benzene rings is 1. The quantitative estimate of drug-likeness (QED) is 0.724. The van der Waals surface area contributed by atoms with Crippen molar-refractivity contribution in [2.75, 3.05) is 6.54 Å². The molecule has 2 N–H and O–H groups in total. The molecule has 82 valence electrons. The highest BCUT2D eigenvalue weighted by atomic mass is 16.1. The monoisotopic (exact) mass is 215 g/mol. The van der Waals surface area contributed by atoms with E-state index in [2.05, 4.69) is 9.89 Å². The van der Waals surface area contributed by atoms with Gasteiger partial charge in [0.2, 0.25) is 0 Å². The highest BCUT2D eigenvalue weighted by Gasteiger charge is 2.32. The van der Waals surface area contributed by atoms with Crippen molar-refractivity contribution < 1.29 is 4.79 Å². The molecule has 1 atom stereocenters. The number of hydrogen-bond acceptors (Lipinski definition) is 4. The van der Waals surface area contributed by atoms with Crippen LogP contribution < -0.4 is 5.73 Å². The van der Waals surface area contributed by atoms with Crippen LogP contribution in [0.25, 0.3) is 0 Å². The fraction of sp³-hybridized carbons (Fsp3) is 0.333. The molecule has 4 nitrogen and oxygen atoms in total. The van der Waals surface area contributed by atoms with Crippen molar-refractivity contribution in [3.05, 3.63) is 29.3 Å². The van der Waals surface area contributed by atoms with Gasteiger partial charge in [0.05, 0.1) is 11.7 Å². The summed E-state index contributed by atoms with van der Waals surface area (Å²) in [7, 11) is 0. The molecule has 0 saturated carbocycles. The van der Waals surface area contributed by atoms with E-state index in [1.807, 2.05) is 12.1 Å². The van der Waals surface area contributed by atoms with Crippen LogP contribution in [0.3, 0.4) is 0 Å². The van der Waals surface area contributed by atoms with Gasteiger partial charge in [-0.05, 0) is 31.0 Å². The van der Waals surface area contributed by atoms with Gasteiger partial charge in [-0.25, -0.2) is 4.99 Å². The predicted molar refractivity (Wildman–Crippen MR) is 61.8 cm³/mol. The van der Waals surface area contributed by atoms with E-state index in [9.17, 15) is 4.79 Å². The molecule has 1 fully saturated rings. The molecule has 2 aliphatic rings. The molecule has 0 spiro atoms. The van der Waals surface area contributed by atoms with E-state index >= 15 is 0 Å². The van der Waals surface area contributed by atoms with E-state index in [0.29, 0.717) is 17.6 Å². The van der Waals surface area contributed by atoms with Gasteiger partial charge in [0.25, 0.3) is 0 Å². The van der Waals surface area contributed by atoms with E-state index in [4.69, 9.17) is 5.73 Å². The Bertz CT molecular complexity index is 481. The first kappa shape index (κ1) is 9.39. The Hall–Kier alpha value is -1.84. The molecular formula is C12H13N3O. The zero-order chi connectivity index (χ0) is 11.1. The molecule has 0 radical (unpaired) electrons. The Morgan fingerprint density at radius 1 is 1.50 bits per heavy atom. The average molecular weight is 215 g/mol. The van der Waals surface area contributed by atoms with Gasteiger partial charge in [0, 0.05) is 17.7 Å². The minimum atomic E-state index is 0.312. The summed E-state index contributed by atoms with van der Waals surface area (Å²) in [5, 5.41) is 0. The van der Waals surface area contributed by atoms with Crippen LogP contribution in [0.4, 0.5) is 5.69 Å². The summed E-state index contributed by atoms with van der Waals surface area (Å²) in [5.74, 6) is 0.605. The van der Waals surface area contributed by atoms with Crippen LogP contribution in [0.5, 0.6) is 0 Å². The maximum absolute atomic E-state index is 10.8. The predicted octanol–water partition coefficient (Wildman–Crippen LogP) is 1.60. The lowest BCUT2D eigenvalue weighted by molar-refractivity contribution is 0.112. The van der Waals surface area contributed by atoms with Crippen molar-refractivity contribution >= 4 is 17.9 Å². The second kappa shape index (κ2) is 3.33. The number of nitrogens with zero attached hydrogens (tertiary/aromatic N) is 2. The normalized spacial score (nSPS) is 22.4. The Labute approximate surface area is 93.8 Å². The maximum atomic E-state index is 10.8. The molecule has 1 unspecified atom stereocenters. The highest BCUT2D eigenvalue weighted by Crippen LogP contribution is 2.40. The summed E-state index contributed by atoms with van der Waals surface area (Å²) in [4.78, 5) is 17.3. The standard InChI is InChI=1S/C12H13N3O/c13-12-14-10-4-3-8(7-16)6-9(10)11-2-1-5-15(11)12/h3-4,6-7,11H,1-2,5H2,(H2,13,14). The van der Waals surface area contributed by atoms with Crippen LogP contribution in [0.2, 0.25) is 0 Å². The molecule has 2 aliphatic heterocycles. The Kier molecular flexibility index (Phi) is 1.96. The average Bonchev–Trinajstić information content (AvgIpc) is 2.78. The van der Waals surface area contributed by atoms with Gasteiger partial charge in [0.1, 0.15) is 6.29 Å². The molecular weight excluding hydrogens is 202 g/mol. The lowest BCUT2D eigenvalue weighted by Crippen LogP contribution is -2.38. The summed E-state index contributed by atoms with van der Waals surface area (Å²) in [6.45, 7) is 0.963. The fourth-order valence-corrected chi connectivity index (χ4v) is 2.57. The third kappa shape index (κ3) is 1.23. The Balaban J connectivity index is 2.15. The van der Waals surface area contributed by atoms with Gasteiger partial charge >= 0.3 is 0 Å². The number of aldehydes is 1. The lowest BCUT2D eigenvalue weighted by Gasteiger charge is -2.30. The largest absolute Gasteiger partial charge is 0.369 e. The van der Waals surface area contributed by atoms with Gasteiger partial charge in [-0.3, -0.25) is 4.79 Å². The van der Waals surface area contributed by atoms with E-state index in [0.717, 1.165) is 36.9 Å². The summed E-state index contributed by atoms with van der Waals surface area (Å²) < 4.78 is 0. The number of rotatable bonds is 1. The minimum absolute atomic E-state index is 0.312. The Morgan fingerprint density at radius 3 is 3.19 bits per heavy atom. The van der Waals surface area contributed by atoms with E-state index in [-0.39, 0.29) is 0 Å². The van der Waals surface area contributed by atoms with Crippen molar-refractivity contribution in [1.82, 2.24) is 4.90 Å². The number of guanidine groups is 1. The van der Waals surface area contributed by atoms with E-state index < -0.39 is 0 Å². The Morgan fingerprint density at radius 2 is 2.38 bits per heavy atom. The van der Waals surface area contributed by atoms with Crippen LogP contribution >= 0.6 is 0 Å². The molecule has 0 bridgehead atoms. The van der Waals surface area contributed by atoms with Crippen LogP contribution in [-0.2, 0) is 0 Å². The topological polar surface area (TPSA) is 58.7 Å². The van der Waals surface area contributed by atoms with Gasteiger partial charge in [-0.2, -0.15) is 0 Å². The second-order valence-electron chi connectivity index (χ2n) is 4.26. The smallest absolute Gasteiger partial charge is 0.197 e. The SMILES string of the molecule is NC1=Nc2ccc(C=O)cc2C2CCCN12. The third-order valence-electron chi connectivity index (χ3n) is 3.33. The first-order valence-electron chi connectivity index (χ1n) is 5.49. The summed E-state index contributed by atoms with van der Waals surface area (Å²) >= 11 is 0. The molecule has 3 rings (SSSR count). The number of carbonyl (C=O) groups excluding carboxylic acids is 1. The van der Waals surface area contributed by atoms with Crippen molar-refractivity contribution in [2.45, 2.75) is 18.9 Å². The van der Waals surface area contributed by atoms with Crippen LogP contribution in [0.1, 0.15) is 34.8 Å². The van der Waals surface area contributed by atoms with Gasteiger partial charge < -0.3 is 10.6 Å². The van der Waals surface area contributed by atoms with Crippen molar-refractivity contribution in [3.63, 3.8) is 0 Å². The molecule has 0 aliphatic carbocycles. The van der Waals surface area contributed by atoms with Crippen molar-refractivity contribution in [3.8, 4) is 0 Å². The first-order valence-corrected chi connectivity index (χ1v) is 5.49. The molecule has 0 aromatic heterocycles. The van der Waals surface area contributed by atoms with Crippen LogP contribution in [0, 0.1) is 0 Å². The zero-order valence-electron chi connectivity index (χ0n) is 8.89. The molecule has 1 aromatic carbocycles. The summed E-state index contributed by atoms with van der Waals surface area (Å²) in [6, 6.07) is 5.91. The van der Waals surface area contributed by atoms with Gasteiger partial charge in [0.15, 0.2) is 5.96 Å². The summed E-state index contributed by atoms with van der Waals surface area (Å²) in [6.07, 6.45) is 3.10. The molecule has 1 saturated heterocycles. The molecule has 2 heterocycles. The number of fused-ring (bicyclic) bond motifs is 3. The number of aliphatic imine (C=N–C) groups is 1. The maximum Gasteiger partial charge on any atom is 0.197 e. The minimum Gasteiger partial charge on any atom is -0.369 e. The van der Waals surface area contributed by atoms with Crippen LogP contribution in [-0.4, -0.2) is 23.7 Å². The van der Waals surface area contributed by atoms with Gasteiger partial charge in [-0.1, -0.05) is 0 Å². The molecule has 4 heteroatoms. The van der Waals surface area contributed by atoms with E-state index in [1.54, 1.807) is 6.07 Å². The molecule has 0 amide bonds. The highest BCUT2D eigenvalue weighted by molar-refractivity contribution is 5.86. The summed E-state index contributed by atoms with van der Waals surface area (Å²) in [5.41, 5.74) is 8.67. The third-order valence-corrected chi connectivity index (χ3v) is 3.33. The van der Waals surface area contributed by atoms with Gasteiger partial charge in [-0.15, -0.1) is 0 Å². The fourth-order valence-electron chi connectivity index (χ4n) is 2.57. The van der Waals surface area contributed by atoms with E-state index in [1.165, 1.54) is 0 Å². The molecule has 16 heavy (non-hydrogen) atoms. The first-order chi connectivity index (χ1) is 7.79. The van der Waals surface area contributed by atoms with Crippen LogP contribution in [0.15, 0.2) is 23.2 Å². The van der Waals surface area contributed by atoms with Crippen molar-refractivity contribution in [2.24, 2.45) is 10.7 Å². The lowest BCUT2D eigenvalue weighted by atomic mass is 9.99.